The highest BCUT2D eigenvalue weighted by atomic mass is 32.1. The Labute approximate surface area is 122 Å². The van der Waals surface area contributed by atoms with Crippen molar-refractivity contribution in [3.63, 3.8) is 0 Å². The lowest BCUT2D eigenvalue weighted by atomic mass is 10.1. The standard InChI is InChI=1S/C15H25N3S/c1-6-18(12(3)10-17(4)5)13-7-8-14(15(16)19)11(2)9-13/h7-9,12H,6,10H2,1-5H3,(H2,16,19). The van der Waals surface area contributed by atoms with E-state index in [0.29, 0.717) is 11.0 Å². The Morgan fingerprint density at radius 3 is 2.42 bits per heavy atom. The van der Waals surface area contributed by atoms with E-state index in [1.54, 1.807) is 0 Å². The topological polar surface area (TPSA) is 32.5 Å². The minimum atomic E-state index is 0.466. The number of hydrogen-bond acceptors (Lipinski definition) is 3. The molecular formula is C15H25N3S. The van der Waals surface area contributed by atoms with Crippen molar-refractivity contribution >= 4 is 22.9 Å². The Hall–Kier alpha value is -1.13. The summed E-state index contributed by atoms with van der Waals surface area (Å²) < 4.78 is 0. The summed E-state index contributed by atoms with van der Waals surface area (Å²) in [5.74, 6) is 0. The monoisotopic (exact) mass is 279 g/mol. The first-order chi connectivity index (χ1) is 8.86. The van der Waals surface area contributed by atoms with Gasteiger partial charge in [0.2, 0.25) is 0 Å². The van der Waals surface area contributed by atoms with Crippen molar-refractivity contribution in [1.82, 2.24) is 4.90 Å². The molecule has 0 radical (unpaired) electrons. The molecule has 1 aromatic carbocycles. The molecule has 19 heavy (non-hydrogen) atoms. The molecule has 0 aliphatic rings. The summed E-state index contributed by atoms with van der Waals surface area (Å²) in [7, 11) is 4.21. The summed E-state index contributed by atoms with van der Waals surface area (Å²) in [6, 6.07) is 6.77. The van der Waals surface area contributed by atoms with E-state index < -0.39 is 0 Å². The van der Waals surface area contributed by atoms with Gasteiger partial charge in [0.05, 0.1) is 0 Å². The minimum absolute atomic E-state index is 0.466. The lowest BCUT2D eigenvalue weighted by molar-refractivity contribution is 0.373. The van der Waals surface area contributed by atoms with Gasteiger partial charge in [0.1, 0.15) is 4.99 Å². The quantitative estimate of drug-likeness (QED) is 0.811. The van der Waals surface area contributed by atoms with Crippen LogP contribution in [0.2, 0.25) is 0 Å². The van der Waals surface area contributed by atoms with Crippen LogP contribution >= 0.6 is 12.2 Å². The van der Waals surface area contributed by atoms with Crippen molar-refractivity contribution in [2.75, 3.05) is 32.1 Å². The van der Waals surface area contributed by atoms with Gasteiger partial charge in [0, 0.05) is 30.4 Å². The van der Waals surface area contributed by atoms with Crippen LogP contribution in [0.5, 0.6) is 0 Å². The van der Waals surface area contributed by atoms with Gasteiger partial charge in [-0.25, -0.2) is 0 Å². The van der Waals surface area contributed by atoms with Gasteiger partial charge >= 0.3 is 0 Å². The molecule has 1 aromatic rings. The first kappa shape index (κ1) is 15.9. The molecule has 0 aliphatic heterocycles. The summed E-state index contributed by atoms with van der Waals surface area (Å²) in [4.78, 5) is 5.08. The SMILES string of the molecule is CCN(c1ccc(C(N)=S)c(C)c1)C(C)CN(C)C. The van der Waals surface area contributed by atoms with E-state index in [4.69, 9.17) is 18.0 Å². The predicted octanol–water partition coefficient (Wildman–Crippen LogP) is 2.41. The van der Waals surface area contributed by atoms with Gasteiger partial charge in [0.25, 0.3) is 0 Å². The third-order valence-corrected chi connectivity index (χ3v) is 3.53. The van der Waals surface area contributed by atoms with Gasteiger partial charge in [-0.15, -0.1) is 0 Å². The summed E-state index contributed by atoms with van der Waals surface area (Å²) >= 11 is 5.05. The average Bonchev–Trinajstić information content (AvgIpc) is 2.28. The number of thiocarbonyl (C=S) groups is 1. The van der Waals surface area contributed by atoms with Crippen LogP contribution in [0.25, 0.3) is 0 Å². The maximum absolute atomic E-state index is 5.71. The van der Waals surface area contributed by atoms with Gasteiger partial charge in [-0.3, -0.25) is 0 Å². The maximum atomic E-state index is 5.71. The van der Waals surface area contributed by atoms with Crippen LogP contribution in [0.3, 0.4) is 0 Å². The van der Waals surface area contributed by atoms with Crippen LogP contribution in [0.1, 0.15) is 25.0 Å². The number of hydrogen-bond donors (Lipinski definition) is 1. The van der Waals surface area contributed by atoms with E-state index >= 15 is 0 Å². The lowest BCUT2D eigenvalue weighted by Gasteiger charge is -2.32. The zero-order valence-corrected chi connectivity index (χ0v) is 13.4. The molecule has 1 atom stereocenters. The van der Waals surface area contributed by atoms with Crippen molar-refractivity contribution in [3.8, 4) is 0 Å². The van der Waals surface area contributed by atoms with Crippen molar-refractivity contribution in [2.24, 2.45) is 5.73 Å². The molecule has 0 saturated heterocycles. The Bertz CT molecular complexity index is 443. The number of nitrogens with zero attached hydrogens (tertiary/aromatic N) is 2. The average molecular weight is 279 g/mol. The molecule has 3 nitrogen and oxygen atoms in total. The first-order valence-corrected chi connectivity index (χ1v) is 7.09. The zero-order chi connectivity index (χ0) is 14.6. The van der Waals surface area contributed by atoms with E-state index in [-0.39, 0.29) is 0 Å². The number of aryl methyl sites for hydroxylation is 1. The molecule has 106 valence electrons. The van der Waals surface area contributed by atoms with E-state index in [1.165, 1.54) is 5.69 Å². The molecule has 1 unspecified atom stereocenters. The van der Waals surface area contributed by atoms with E-state index in [1.807, 2.05) is 6.07 Å². The molecule has 0 saturated carbocycles. The van der Waals surface area contributed by atoms with E-state index in [2.05, 4.69) is 56.8 Å². The molecular weight excluding hydrogens is 254 g/mol. The fourth-order valence-corrected chi connectivity index (χ4v) is 2.71. The molecule has 0 fully saturated rings. The van der Waals surface area contributed by atoms with E-state index in [0.717, 1.165) is 24.2 Å². The second-order valence-electron chi connectivity index (χ2n) is 5.26. The fourth-order valence-electron chi connectivity index (χ4n) is 2.48. The molecule has 1 rings (SSSR count). The maximum Gasteiger partial charge on any atom is 0.104 e. The molecule has 0 aromatic heterocycles. The fraction of sp³-hybridized carbons (Fsp3) is 0.533. The smallest absolute Gasteiger partial charge is 0.104 e. The number of anilines is 1. The second kappa shape index (κ2) is 6.87. The van der Waals surface area contributed by atoms with Crippen LogP contribution in [0, 0.1) is 6.92 Å². The summed E-state index contributed by atoms with van der Waals surface area (Å²) in [5, 5.41) is 0. The zero-order valence-electron chi connectivity index (χ0n) is 12.6. The van der Waals surface area contributed by atoms with Crippen LogP contribution in [0.4, 0.5) is 5.69 Å². The third kappa shape index (κ3) is 4.18. The number of rotatable bonds is 6. The Morgan fingerprint density at radius 1 is 1.37 bits per heavy atom. The second-order valence-corrected chi connectivity index (χ2v) is 5.70. The van der Waals surface area contributed by atoms with Crippen molar-refractivity contribution in [3.05, 3.63) is 29.3 Å². The van der Waals surface area contributed by atoms with Gasteiger partial charge in [-0.2, -0.15) is 0 Å². The van der Waals surface area contributed by atoms with Gasteiger partial charge < -0.3 is 15.5 Å². The van der Waals surface area contributed by atoms with Crippen LogP contribution in [-0.2, 0) is 0 Å². The van der Waals surface area contributed by atoms with Crippen LogP contribution in [-0.4, -0.2) is 43.1 Å². The highest BCUT2D eigenvalue weighted by Crippen LogP contribution is 2.21. The summed E-state index contributed by atoms with van der Waals surface area (Å²) in [5.41, 5.74) is 9.05. The minimum Gasteiger partial charge on any atom is -0.389 e. The van der Waals surface area contributed by atoms with Crippen molar-refractivity contribution in [2.45, 2.75) is 26.8 Å². The summed E-state index contributed by atoms with van der Waals surface area (Å²) in [6.45, 7) is 8.51. The predicted molar refractivity (Wildman–Crippen MR) is 88.1 cm³/mol. The molecule has 0 heterocycles. The molecule has 0 spiro atoms. The Kier molecular flexibility index (Phi) is 5.76. The lowest BCUT2D eigenvalue weighted by Crippen LogP contribution is -2.40. The molecule has 0 bridgehead atoms. The molecule has 0 amide bonds. The van der Waals surface area contributed by atoms with Crippen LogP contribution in [0.15, 0.2) is 18.2 Å². The van der Waals surface area contributed by atoms with Crippen molar-refractivity contribution < 1.29 is 0 Å². The van der Waals surface area contributed by atoms with Gasteiger partial charge in [0.15, 0.2) is 0 Å². The highest BCUT2D eigenvalue weighted by molar-refractivity contribution is 7.80. The first-order valence-electron chi connectivity index (χ1n) is 6.68. The highest BCUT2D eigenvalue weighted by Gasteiger charge is 2.14. The molecule has 2 N–H and O–H groups in total. The number of likely N-dealkylation sites (N-methyl/N-ethyl adjacent to an activating group) is 2. The Balaban J connectivity index is 2.99. The Morgan fingerprint density at radius 2 is 2.00 bits per heavy atom. The van der Waals surface area contributed by atoms with Gasteiger partial charge in [-0.1, -0.05) is 12.2 Å². The normalized spacial score (nSPS) is 12.5. The van der Waals surface area contributed by atoms with E-state index in [9.17, 15) is 0 Å². The van der Waals surface area contributed by atoms with Crippen LogP contribution < -0.4 is 10.6 Å². The molecule has 0 aliphatic carbocycles. The number of benzene rings is 1. The van der Waals surface area contributed by atoms with Crippen molar-refractivity contribution in [1.29, 1.82) is 0 Å². The molecule has 4 heteroatoms. The van der Waals surface area contributed by atoms with Gasteiger partial charge in [-0.05, 0) is 58.6 Å². The largest absolute Gasteiger partial charge is 0.389 e. The third-order valence-electron chi connectivity index (χ3n) is 3.31. The summed E-state index contributed by atoms with van der Waals surface area (Å²) in [6.07, 6.45) is 0. The number of nitrogens with two attached hydrogens (primary N) is 1.